The molecule has 1 heterocycles. The highest BCUT2D eigenvalue weighted by atomic mass is 15.4. The molecule has 0 aliphatic rings. The minimum atomic E-state index is 0.680. The van der Waals surface area contributed by atoms with E-state index in [0.717, 1.165) is 24.2 Å². The summed E-state index contributed by atoms with van der Waals surface area (Å²) in [5.74, 6) is 0. The van der Waals surface area contributed by atoms with Crippen LogP contribution in [0.25, 0.3) is 11.3 Å². The number of benzene rings is 1. The van der Waals surface area contributed by atoms with Gasteiger partial charge < -0.3 is 5.73 Å². The van der Waals surface area contributed by atoms with Gasteiger partial charge in [-0.3, -0.25) is 4.68 Å². The van der Waals surface area contributed by atoms with Gasteiger partial charge in [-0.25, -0.2) is 0 Å². The Balaban J connectivity index is 2.15. The summed E-state index contributed by atoms with van der Waals surface area (Å²) in [5, 5.41) is 8.20. The van der Waals surface area contributed by atoms with Crippen molar-refractivity contribution in [2.75, 3.05) is 6.54 Å². The summed E-state index contributed by atoms with van der Waals surface area (Å²) < 4.78 is 1.84. The highest BCUT2D eigenvalue weighted by Gasteiger charge is 2.02. The van der Waals surface area contributed by atoms with Crippen LogP contribution in [0.1, 0.15) is 12.0 Å². The number of nitrogens with zero attached hydrogens (tertiary/aromatic N) is 3. The molecule has 0 saturated heterocycles. The van der Waals surface area contributed by atoms with Crippen LogP contribution in [0, 0.1) is 6.92 Å². The van der Waals surface area contributed by atoms with Crippen LogP contribution in [-0.4, -0.2) is 21.5 Å². The van der Waals surface area contributed by atoms with Gasteiger partial charge in [-0.15, -0.1) is 5.10 Å². The van der Waals surface area contributed by atoms with Crippen molar-refractivity contribution in [3.8, 4) is 11.3 Å². The van der Waals surface area contributed by atoms with E-state index in [9.17, 15) is 0 Å². The molecule has 1 aromatic carbocycles. The minimum absolute atomic E-state index is 0.680. The lowest BCUT2D eigenvalue weighted by Gasteiger charge is -1.97. The largest absolute Gasteiger partial charge is 0.330 e. The predicted molar refractivity (Wildman–Crippen MR) is 63.9 cm³/mol. The summed E-state index contributed by atoms with van der Waals surface area (Å²) in [6.45, 7) is 3.58. The van der Waals surface area contributed by atoms with Gasteiger partial charge >= 0.3 is 0 Å². The van der Waals surface area contributed by atoms with E-state index in [1.807, 2.05) is 10.9 Å². The van der Waals surface area contributed by atoms with Crippen LogP contribution < -0.4 is 5.73 Å². The van der Waals surface area contributed by atoms with Crippen LogP contribution in [0.15, 0.2) is 30.5 Å². The highest BCUT2D eigenvalue weighted by molar-refractivity contribution is 5.57. The fourth-order valence-electron chi connectivity index (χ4n) is 1.52. The van der Waals surface area contributed by atoms with Gasteiger partial charge in [0.25, 0.3) is 0 Å². The number of rotatable bonds is 4. The van der Waals surface area contributed by atoms with Crippen LogP contribution in [0.5, 0.6) is 0 Å². The normalized spacial score (nSPS) is 10.6. The molecule has 0 aliphatic carbocycles. The third-order valence-electron chi connectivity index (χ3n) is 2.48. The van der Waals surface area contributed by atoms with Gasteiger partial charge in [-0.2, -0.15) is 0 Å². The molecule has 2 N–H and O–H groups in total. The van der Waals surface area contributed by atoms with Crippen LogP contribution in [0.3, 0.4) is 0 Å². The van der Waals surface area contributed by atoms with Crippen LogP contribution in [0.2, 0.25) is 0 Å². The van der Waals surface area contributed by atoms with E-state index in [0.29, 0.717) is 6.54 Å². The van der Waals surface area contributed by atoms with E-state index in [1.165, 1.54) is 5.56 Å². The Morgan fingerprint density at radius 1 is 1.25 bits per heavy atom. The summed E-state index contributed by atoms with van der Waals surface area (Å²) in [4.78, 5) is 0. The fourth-order valence-corrected chi connectivity index (χ4v) is 1.52. The molecular formula is C12H16N4. The summed E-state index contributed by atoms with van der Waals surface area (Å²) in [6, 6.07) is 8.28. The first-order valence-electron chi connectivity index (χ1n) is 5.47. The van der Waals surface area contributed by atoms with E-state index < -0.39 is 0 Å². The van der Waals surface area contributed by atoms with Crippen molar-refractivity contribution in [3.05, 3.63) is 36.0 Å². The third-order valence-corrected chi connectivity index (χ3v) is 2.48. The Kier molecular flexibility index (Phi) is 3.31. The summed E-state index contributed by atoms with van der Waals surface area (Å²) in [7, 11) is 0. The molecule has 0 aliphatic heterocycles. The molecule has 0 bridgehead atoms. The lowest BCUT2D eigenvalue weighted by molar-refractivity contribution is 0.564. The maximum atomic E-state index is 5.45. The lowest BCUT2D eigenvalue weighted by atomic mass is 10.1. The molecule has 0 unspecified atom stereocenters. The smallest absolute Gasteiger partial charge is 0.113 e. The Morgan fingerprint density at radius 2 is 2.00 bits per heavy atom. The SMILES string of the molecule is Cc1ccc(-c2cn(CCCN)nn2)cc1. The van der Waals surface area contributed by atoms with Crippen molar-refractivity contribution < 1.29 is 0 Å². The van der Waals surface area contributed by atoms with E-state index in [1.54, 1.807) is 0 Å². The molecule has 0 saturated carbocycles. The molecule has 0 atom stereocenters. The molecule has 2 rings (SSSR count). The molecule has 84 valence electrons. The number of hydrogen-bond donors (Lipinski definition) is 1. The number of nitrogens with two attached hydrogens (primary N) is 1. The van der Waals surface area contributed by atoms with Crippen LogP contribution >= 0.6 is 0 Å². The second kappa shape index (κ2) is 4.90. The Hall–Kier alpha value is -1.68. The second-order valence-electron chi connectivity index (χ2n) is 3.88. The van der Waals surface area contributed by atoms with Gasteiger partial charge in [0.1, 0.15) is 5.69 Å². The number of hydrogen-bond acceptors (Lipinski definition) is 3. The molecular weight excluding hydrogens is 200 g/mol. The average molecular weight is 216 g/mol. The monoisotopic (exact) mass is 216 g/mol. The van der Waals surface area contributed by atoms with Gasteiger partial charge in [-0.05, 0) is 19.9 Å². The van der Waals surface area contributed by atoms with Crippen LogP contribution in [0.4, 0.5) is 0 Å². The summed E-state index contributed by atoms with van der Waals surface area (Å²) in [5.41, 5.74) is 8.71. The van der Waals surface area contributed by atoms with Crippen molar-refractivity contribution in [1.29, 1.82) is 0 Å². The van der Waals surface area contributed by atoms with Gasteiger partial charge in [0.05, 0.1) is 6.20 Å². The molecule has 2 aromatic rings. The fraction of sp³-hybridized carbons (Fsp3) is 0.333. The van der Waals surface area contributed by atoms with Crippen molar-refractivity contribution >= 4 is 0 Å². The number of aromatic nitrogens is 3. The quantitative estimate of drug-likeness (QED) is 0.844. The zero-order chi connectivity index (χ0) is 11.4. The Bertz CT molecular complexity index is 444. The van der Waals surface area contributed by atoms with E-state index in [2.05, 4.69) is 41.5 Å². The number of aryl methyl sites for hydroxylation is 2. The van der Waals surface area contributed by atoms with Gasteiger partial charge in [0.2, 0.25) is 0 Å². The third kappa shape index (κ3) is 2.46. The summed E-state index contributed by atoms with van der Waals surface area (Å²) in [6.07, 6.45) is 2.89. The zero-order valence-corrected chi connectivity index (χ0v) is 9.43. The molecule has 0 amide bonds. The molecule has 0 spiro atoms. The lowest BCUT2D eigenvalue weighted by Crippen LogP contribution is -2.06. The maximum Gasteiger partial charge on any atom is 0.113 e. The first-order chi connectivity index (χ1) is 7.79. The minimum Gasteiger partial charge on any atom is -0.330 e. The average Bonchev–Trinajstić information content (AvgIpc) is 2.76. The Morgan fingerprint density at radius 3 is 2.69 bits per heavy atom. The molecule has 1 aromatic heterocycles. The summed E-state index contributed by atoms with van der Waals surface area (Å²) >= 11 is 0. The van der Waals surface area contributed by atoms with Crippen LogP contribution in [-0.2, 0) is 6.54 Å². The standard InChI is InChI=1S/C12H16N4/c1-10-3-5-11(6-4-10)12-9-16(15-14-12)8-2-7-13/h3-6,9H,2,7-8,13H2,1H3. The topological polar surface area (TPSA) is 56.7 Å². The Labute approximate surface area is 95.1 Å². The van der Waals surface area contributed by atoms with Crippen molar-refractivity contribution in [3.63, 3.8) is 0 Å². The maximum absolute atomic E-state index is 5.45. The van der Waals surface area contributed by atoms with E-state index in [-0.39, 0.29) is 0 Å². The second-order valence-corrected chi connectivity index (χ2v) is 3.88. The van der Waals surface area contributed by atoms with Gasteiger partial charge in [0, 0.05) is 12.1 Å². The molecule has 4 heteroatoms. The molecule has 0 fully saturated rings. The first-order valence-corrected chi connectivity index (χ1v) is 5.47. The first kappa shape index (κ1) is 10.8. The zero-order valence-electron chi connectivity index (χ0n) is 9.43. The van der Waals surface area contributed by atoms with Crippen molar-refractivity contribution in [2.24, 2.45) is 5.73 Å². The highest BCUT2D eigenvalue weighted by Crippen LogP contribution is 2.16. The van der Waals surface area contributed by atoms with Gasteiger partial charge in [-0.1, -0.05) is 35.0 Å². The van der Waals surface area contributed by atoms with Gasteiger partial charge in [0.15, 0.2) is 0 Å². The van der Waals surface area contributed by atoms with E-state index in [4.69, 9.17) is 5.73 Å². The van der Waals surface area contributed by atoms with E-state index >= 15 is 0 Å². The molecule has 16 heavy (non-hydrogen) atoms. The predicted octanol–water partition coefficient (Wildman–Crippen LogP) is 1.60. The molecule has 0 radical (unpaired) electrons. The molecule has 4 nitrogen and oxygen atoms in total. The van der Waals surface area contributed by atoms with Crippen molar-refractivity contribution in [1.82, 2.24) is 15.0 Å². The van der Waals surface area contributed by atoms with Crippen molar-refractivity contribution in [2.45, 2.75) is 19.9 Å².